The number of aliphatic hydroxyl groups excluding tert-OH is 1. The molecule has 0 bridgehead atoms. The highest BCUT2D eigenvalue weighted by atomic mass is 79.9. The molecule has 2 heteroatoms. The van der Waals surface area contributed by atoms with Crippen LogP contribution in [0.3, 0.4) is 0 Å². The van der Waals surface area contributed by atoms with Gasteiger partial charge < -0.3 is 5.11 Å². The van der Waals surface area contributed by atoms with Gasteiger partial charge in [0.05, 0.1) is 0 Å². The molecular formula is C10H9BrO. The van der Waals surface area contributed by atoms with E-state index in [4.69, 9.17) is 6.42 Å². The molecule has 0 radical (unpaired) electrons. The van der Waals surface area contributed by atoms with Gasteiger partial charge in [-0.2, -0.15) is 0 Å². The van der Waals surface area contributed by atoms with Crippen molar-refractivity contribution >= 4 is 15.9 Å². The lowest BCUT2D eigenvalue weighted by atomic mass is 10.1. The van der Waals surface area contributed by atoms with Crippen molar-refractivity contribution in [1.29, 1.82) is 0 Å². The van der Waals surface area contributed by atoms with Crippen molar-refractivity contribution in [2.45, 2.75) is 13.0 Å². The second kappa shape index (κ2) is 3.75. The largest absolute Gasteiger partial charge is 0.376 e. The molecule has 0 heterocycles. The Morgan fingerprint density at radius 2 is 2.25 bits per heavy atom. The van der Waals surface area contributed by atoms with Gasteiger partial charge in [0, 0.05) is 10.0 Å². The van der Waals surface area contributed by atoms with Crippen LogP contribution in [0.2, 0.25) is 0 Å². The number of aryl methyl sites for hydroxylation is 1. The number of rotatable bonds is 1. The van der Waals surface area contributed by atoms with Crippen LogP contribution in [0.4, 0.5) is 0 Å². The third-order valence-electron chi connectivity index (χ3n) is 1.61. The Balaban J connectivity index is 3.11. The molecule has 0 saturated carbocycles. The SMILES string of the molecule is C#CC(O)c1ccc(C)cc1Br. The summed E-state index contributed by atoms with van der Waals surface area (Å²) in [7, 11) is 0. The Kier molecular flexibility index (Phi) is 2.91. The van der Waals surface area contributed by atoms with E-state index in [0.29, 0.717) is 0 Å². The lowest BCUT2D eigenvalue weighted by molar-refractivity contribution is 0.238. The highest BCUT2D eigenvalue weighted by Crippen LogP contribution is 2.23. The lowest BCUT2D eigenvalue weighted by Gasteiger charge is -2.06. The summed E-state index contributed by atoms with van der Waals surface area (Å²) in [5, 5.41) is 9.33. The average molecular weight is 225 g/mol. The second-order valence-electron chi connectivity index (χ2n) is 2.59. The van der Waals surface area contributed by atoms with Gasteiger partial charge in [0.25, 0.3) is 0 Å². The maximum absolute atomic E-state index is 9.33. The molecule has 1 N–H and O–H groups in total. The molecule has 0 spiro atoms. The summed E-state index contributed by atoms with van der Waals surface area (Å²) in [5.41, 5.74) is 1.87. The minimum atomic E-state index is -0.819. The van der Waals surface area contributed by atoms with E-state index in [1.807, 2.05) is 25.1 Å². The molecule has 0 aliphatic carbocycles. The molecule has 1 aromatic rings. The standard InChI is InChI=1S/C10H9BrO/c1-3-10(12)8-5-4-7(2)6-9(8)11/h1,4-6,10,12H,2H3. The van der Waals surface area contributed by atoms with Crippen LogP contribution in [0, 0.1) is 19.3 Å². The molecule has 0 aromatic heterocycles. The molecule has 1 rings (SSSR count). The Bertz CT molecular complexity index is 325. The summed E-state index contributed by atoms with van der Waals surface area (Å²) >= 11 is 3.33. The fraction of sp³-hybridized carbons (Fsp3) is 0.200. The first kappa shape index (κ1) is 9.31. The van der Waals surface area contributed by atoms with E-state index in [9.17, 15) is 5.11 Å². The van der Waals surface area contributed by atoms with Crippen LogP contribution in [0.5, 0.6) is 0 Å². The number of hydrogen-bond donors (Lipinski definition) is 1. The van der Waals surface area contributed by atoms with Crippen molar-refractivity contribution in [2.75, 3.05) is 0 Å². The first-order valence-corrected chi connectivity index (χ1v) is 4.34. The molecule has 0 saturated heterocycles. The fourth-order valence-electron chi connectivity index (χ4n) is 0.944. The zero-order valence-corrected chi connectivity index (χ0v) is 8.30. The van der Waals surface area contributed by atoms with Crippen molar-refractivity contribution in [3.05, 3.63) is 33.8 Å². The van der Waals surface area contributed by atoms with Crippen LogP contribution in [0.15, 0.2) is 22.7 Å². The molecule has 0 amide bonds. The van der Waals surface area contributed by atoms with Crippen molar-refractivity contribution < 1.29 is 5.11 Å². The number of hydrogen-bond acceptors (Lipinski definition) is 1. The van der Waals surface area contributed by atoms with Crippen LogP contribution in [0.1, 0.15) is 17.2 Å². The molecule has 0 fully saturated rings. The van der Waals surface area contributed by atoms with E-state index in [1.54, 1.807) is 0 Å². The number of halogens is 1. The molecule has 1 aromatic carbocycles. The summed E-state index contributed by atoms with van der Waals surface area (Å²) in [5.74, 6) is 2.27. The minimum Gasteiger partial charge on any atom is -0.376 e. The van der Waals surface area contributed by atoms with Gasteiger partial charge in [0.2, 0.25) is 0 Å². The van der Waals surface area contributed by atoms with E-state index < -0.39 is 6.10 Å². The van der Waals surface area contributed by atoms with Gasteiger partial charge >= 0.3 is 0 Å². The van der Waals surface area contributed by atoms with Crippen LogP contribution < -0.4 is 0 Å². The summed E-state index contributed by atoms with van der Waals surface area (Å²) < 4.78 is 0.855. The summed E-state index contributed by atoms with van der Waals surface area (Å²) in [6, 6.07) is 5.67. The predicted octanol–water partition coefficient (Wildman–Crippen LogP) is 2.42. The minimum absolute atomic E-state index is 0.739. The van der Waals surface area contributed by atoms with Gasteiger partial charge in [-0.3, -0.25) is 0 Å². The van der Waals surface area contributed by atoms with Crippen LogP contribution >= 0.6 is 15.9 Å². The molecular weight excluding hydrogens is 216 g/mol. The third-order valence-corrected chi connectivity index (χ3v) is 2.30. The van der Waals surface area contributed by atoms with Gasteiger partial charge in [-0.1, -0.05) is 34.0 Å². The van der Waals surface area contributed by atoms with E-state index in [0.717, 1.165) is 15.6 Å². The number of aliphatic hydroxyl groups is 1. The maximum Gasteiger partial charge on any atom is 0.141 e. The molecule has 62 valence electrons. The zero-order chi connectivity index (χ0) is 9.14. The van der Waals surface area contributed by atoms with Gasteiger partial charge in [0.1, 0.15) is 6.10 Å². The van der Waals surface area contributed by atoms with E-state index in [-0.39, 0.29) is 0 Å². The molecule has 1 nitrogen and oxygen atoms in total. The first-order chi connectivity index (χ1) is 5.65. The molecule has 0 aliphatic heterocycles. The van der Waals surface area contributed by atoms with Gasteiger partial charge in [0.15, 0.2) is 0 Å². The first-order valence-electron chi connectivity index (χ1n) is 3.55. The quantitative estimate of drug-likeness (QED) is 0.727. The zero-order valence-electron chi connectivity index (χ0n) is 6.71. The molecule has 1 atom stereocenters. The van der Waals surface area contributed by atoms with E-state index in [1.165, 1.54) is 0 Å². The molecule has 0 aliphatic rings. The van der Waals surface area contributed by atoms with Gasteiger partial charge in [-0.25, -0.2) is 0 Å². The Morgan fingerprint density at radius 3 is 2.75 bits per heavy atom. The third kappa shape index (κ3) is 1.88. The van der Waals surface area contributed by atoms with Gasteiger partial charge in [-0.15, -0.1) is 6.42 Å². The highest BCUT2D eigenvalue weighted by Gasteiger charge is 2.06. The number of terminal acetylenes is 1. The predicted molar refractivity (Wildman–Crippen MR) is 52.7 cm³/mol. The Labute approximate surface area is 80.6 Å². The molecule has 12 heavy (non-hydrogen) atoms. The lowest BCUT2D eigenvalue weighted by Crippen LogP contribution is -1.94. The van der Waals surface area contributed by atoms with Gasteiger partial charge in [-0.05, 0) is 18.6 Å². The topological polar surface area (TPSA) is 20.2 Å². The van der Waals surface area contributed by atoms with Crippen molar-refractivity contribution in [2.24, 2.45) is 0 Å². The van der Waals surface area contributed by atoms with Crippen LogP contribution in [0.25, 0.3) is 0 Å². The van der Waals surface area contributed by atoms with Crippen molar-refractivity contribution in [1.82, 2.24) is 0 Å². The van der Waals surface area contributed by atoms with Crippen LogP contribution in [-0.4, -0.2) is 5.11 Å². The summed E-state index contributed by atoms with van der Waals surface area (Å²) in [4.78, 5) is 0. The van der Waals surface area contributed by atoms with E-state index >= 15 is 0 Å². The fourth-order valence-corrected chi connectivity index (χ4v) is 1.65. The van der Waals surface area contributed by atoms with Crippen molar-refractivity contribution in [3.63, 3.8) is 0 Å². The Hall–Kier alpha value is -0.780. The second-order valence-corrected chi connectivity index (χ2v) is 3.45. The summed E-state index contributed by atoms with van der Waals surface area (Å²) in [6.07, 6.45) is 4.27. The van der Waals surface area contributed by atoms with Crippen molar-refractivity contribution in [3.8, 4) is 12.3 Å². The van der Waals surface area contributed by atoms with E-state index in [2.05, 4.69) is 21.9 Å². The molecule has 1 unspecified atom stereocenters. The normalized spacial score (nSPS) is 12.2. The Morgan fingerprint density at radius 1 is 1.58 bits per heavy atom. The highest BCUT2D eigenvalue weighted by molar-refractivity contribution is 9.10. The smallest absolute Gasteiger partial charge is 0.141 e. The monoisotopic (exact) mass is 224 g/mol. The maximum atomic E-state index is 9.33. The summed E-state index contributed by atoms with van der Waals surface area (Å²) in [6.45, 7) is 1.98. The number of benzene rings is 1. The average Bonchev–Trinajstić information content (AvgIpc) is 2.03. The van der Waals surface area contributed by atoms with Crippen LogP contribution in [-0.2, 0) is 0 Å².